The van der Waals surface area contributed by atoms with E-state index >= 15 is 0 Å². The number of morpholine rings is 1. The van der Waals surface area contributed by atoms with Crippen molar-refractivity contribution < 1.29 is 14.6 Å². The fourth-order valence-corrected chi connectivity index (χ4v) is 2.05. The molecule has 5 heteroatoms. The van der Waals surface area contributed by atoms with Crippen LogP contribution in [-0.2, 0) is 4.74 Å². The summed E-state index contributed by atoms with van der Waals surface area (Å²) in [7, 11) is 3.80. The maximum absolute atomic E-state index is 11.4. The van der Waals surface area contributed by atoms with Gasteiger partial charge in [0.2, 0.25) is 0 Å². The number of aromatic carboxylic acids is 1. The Labute approximate surface area is 107 Å². The van der Waals surface area contributed by atoms with Gasteiger partial charge in [-0.05, 0) is 18.2 Å². The average Bonchev–Trinajstić information content (AvgIpc) is 2.39. The molecule has 1 aromatic carbocycles. The van der Waals surface area contributed by atoms with Gasteiger partial charge in [0.1, 0.15) is 0 Å². The summed E-state index contributed by atoms with van der Waals surface area (Å²) >= 11 is 0. The molecule has 0 aliphatic carbocycles. The van der Waals surface area contributed by atoms with E-state index in [9.17, 15) is 9.90 Å². The zero-order chi connectivity index (χ0) is 13.1. The maximum Gasteiger partial charge on any atom is 0.337 e. The quantitative estimate of drug-likeness (QED) is 0.876. The molecule has 0 amide bonds. The van der Waals surface area contributed by atoms with Crippen LogP contribution in [0.25, 0.3) is 0 Å². The summed E-state index contributed by atoms with van der Waals surface area (Å²) in [5.41, 5.74) is 2.02. The number of carboxylic acid groups (broad SMARTS) is 1. The smallest absolute Gasteiger partial charge is 0.337 e. The summed E-state index contributed by atoms with van der Waals surface area (Å²) in [6.45, 7) is 2.77. The molecular formula is C13H18N2O3. The number of carboxylic acids is 1. The topological polar surface area (TPSA) is 53.0 Å². The Morgan fingerprint density at radius 3 is 2.56 bits per heavy atom. The first kappa shape index (κ1) is 12.7. The minimum atomic E-state index is -0.889. The minimum Gasteiger partial charge on any atom is -0.478 e. The molecule has 98 valence electrons. The highest BCUT2D eigenvalue weighted by atomic mass is 16.5. The van der Waals surface area contributed by atoms with Crippen LogP contribution in [0.2, 0.25) is 0 Å². The molecule has 0 radical (unpaired) electrons. The van der Waals surface area contributed by atoms with Crippen LogP contribution in [0.4, 0.5) is 11.4 Å². The zero-order valence-corrected chi connectivity index (χ0v) is 10.7. The number of benzene rings is 1. The van der Waals surface area contributed by atoms with Crippen LogP contribution in [0.15, 0.2) is 18.2 Å². The lowest BCUT2D eigenvalue weighted by molar-refractivity contribution is 0.0696. The van der Waals surface area contributed by atoms with Gasteiger partial charge in [-0.15, -0.1) is 0 Å². The monoisotopic (exact) mass is 250 g/mol. The lowest BCUT2D eigenvalue weighted by atomic mass is 10.1. The molecule has 0 bridgehead atoms. The molecule has 1 aliphatic heterocycles. The highest BCUT2D eigenvalue weighted by Crippen LogP contribution is 2.26. The predicted molar refractivity (Wildman–Crippen MR) is 70.8 cm³/mol. The fraction of sp³-hybridized carbons (Fsp3) is 0.462. The molecule has 5 nitrogen and oxygen atoms in total. The van der Waals surface area contributed by atoms with E-state index in [1.165, 1.54) is 0 Å². The fourth-order valence-electron chi connectivity index (χ4n) is 2.05. The third-order valence-electron chi connectivity index (χ3n) is 3.08. The summed E-state index contributed by atoms with van der Waals surface area (Å²) in [6.07, 6.45) is 0. The molecule has 0 unspecified atom stereocenters. The number of carbonyl (C=O) groups is 1. The first-order valence-corrected chi connectivity index (χ1v) is 5.97. The Morgan fingerprint density at radius 2 is 2.00 bits per heavy atom. The Morgan fingerprint density at radius 1 is 1.33 bits per heavy atom. The van der Waals surface area contributed by atoms with Crippen molar-refractivity contribution >= 4 is 17.3 Å². The minimum absolute atomic E-state index is 0.350. The van der Waals surface area contributed by atoms with Gasteiger partial charge in [0.05, 0.1) is 24.5 Å². The lowest BCUT2D eigenvalue weighted by Crippen LogP contribution is -2.37. The van der Waals surface area contributed by atoms with E-state index in [0.717, 1.165) is 24.5 Å². The van der Waals surface area contributed by atoms with Crippen molar-refractivity contribution in [3.8, 4) is 0 Å². The first-order chi connectivity index (χ1) is 8.59. The molecule has 0 atom stereocenters. The van der Waals surface area contributed by atoms with Gasteiger partial charge in [-0.1, -0.05) is 0 Å². The van der Waals surface area contributed by atoms with E-state index in [4.69, 9.17) is 4.74 Å². The second kappa shape index (κ2) is 5.27. The third-order valence-corrected chi connectivity index (χ3v) is 3.08. The van der Waals surface area contributed by atoms with Crippen LogP contribution in [0.1, 0.15) is 10.4 Å². The van der Waals surface area contributed by atoms with Crippen LogP contribution in [-0.4, -0.2) is 51.5 Å². The normalized spacial score (nSPS) is 15.6. The maximum atomic E-state index is 11.4. The number of rotatable bonds is 3. The van der Waals surface area contributed by atoms with Gasteiger partial charge < -0.3 is 19.6 Å². The van der Waals surface area contributed by atoms with Crippen molar-refractivity contribution in [1.82, 2.24) is 0 Å². The Balaban J connectivity index is 2.36. The highest BCUT2D eigenvalue weighted by Gasteiger charge is 2.19. The molecular weight excluding hydrogens is 232 g/mol. The molecule has 0 saturated carbocycles. The van der Waals surface area contributed by atoms with Gasteiger partial charge in [0.25, 0.3) is 0 Å². The van der Waals surface area contributed by atoms with Gasteiger partial charge in [0.15, 0.2) is 0 Å². The molecule has 0 spiro atoms. The van der Waals surface area contributed by atoms with Crippen molar-refractivity contribution in [3.05, 3.63) is 23.8 Å². The molecule has 0 aromatic heterocycles. The summed E-state index contributed by atoms with van der Waals surface area (Å²) < 4.78 is 5.29. The molecule has 1 fully saturated rings. The van der Waals surface area contributed by atoms with Gasteiger partial charge in [-0.2, -0.15) is 0 Å². The molecule has 1 aliphatic rings. The van der Waals surface area contributed by atoms with Gasteiger partial charge in [-0.25, -0.2) is 4.79 Å². The number of hydrogen-bond donors (Lipinski definition) is 1. The predicted octanol–water partition coefficient (Wildman–Crippen LogP) is 1.29. The molecule has 1 aromatic rings. The summed E-state index contributed by atoms with van der Waals surface area (Å²) in [5, 5.41) is 9.33. The van der Waals surface area contributed by atoms with Gasteiger partial charge in [0, 0.05) is 32.9 Å². The van der Waals surface area contributed by atoms with Crippen LogP contribution in [0.3, 0.4) is 0 Å². The van der Waals surface area contributed by atoms with E-state index in [1.54, 1.807) is 6.07 Å². The second-order valence-corrected chi connectivity index (χ2v) is 4.50. The van der Waals surface area contributed by atoms with Gasteiger partial charge >= 0.3 is 5.97 Å². The lowest BCUT2D eigenvalue weighted by Gasteiger charge is -2.30. The van der Waals surface area contributed by atoms with E-state index in [-0.39, 0.29) is 0 Å². The number of nitrogens with zero attached hydrogens (tertiary/aromatic N) is 2. The standard InChI is InChI=1S/C13H18N2O3/c1-14(2)10-3-4-12(11(9-10)13(16)17)15-5-7-18-8-6-15/h3-4,9H,5-8H2,1-2H3,(H,16,17). The Kier molecular flexibility index (Phi) is 3.72. The van der Waals surface area contributed by atoms with Crippen LogP contribution in [0.5, 0.6) is 0 Å². The molecule has 18 heavy (non-hydrogen) atoms. The first-order valence-electron chi connectivity index (χ1n) is 5.97. The van der Waals surface area contributed by atoms with Crippen molar-refractivity contribution in [2.24, 2.45) is 0 Å². The van der Waals surface area contributed by atoms with E-state index in [0.29, 0.717) is 18.8 Å². The number of anilines is 2. The average molecular weight is 250 g/mol. The molecule has 2 rings (SSSR count). The summed E-state index contributed by atoms with van der Waals surface area (Å²) in [4.78, 5) is 15.3. The second-order valence-electron chi connectivity index (χ2n) is 4.50. The SMILES string of the molecule is CN(C)c1ccc(N2CCOCC2)c(C(=O)O)c1. The van der Waals surface area contributed by atoms with Crippen LogP contribution >= 0.6 is 0 Å². The Bertz CT molecular complexity index is 440. The van der Waals surface area contributed by atoms with Crippen LogP contribution < -0.4 is 9.80 Å². The van der Waals surface area contributed by atoms with Crippen LogP contribution in [0, 0.1) is 0 Å². The number of hydrogen-bond acceptors (Lipinski definition) is 4. The number of ether oxygens (including phenoxy) is 1. The van der Waals surface area contributed by atoms with E-state index in [2.05, 4.69) is 4.90 Å². The van der Waals surface area contributed by atoms with Crippen molar-refractivity contribution in [2.45, 2.75) is 0 Å². The molecule has 1 saturated heterocycles. The zero-order valence-electron chi connectivity index (χ0n) is 10.7. The summed E-state index contributed by atoms with van der Waals surface area (Å²) in [6, 6.07) is 5.54. The third kappa shape index (κ3) is 2.56. The van der Waals surface area contributed by atoms with Crippen molar-refractivity contribution in [2.75, 3.05) is 50.2 Å². The van der Waals surface area contributed by atoms with Crippen molar-refractivity contribution in [1.29, 1.82) is 0 Å². The molecule has 1 heterocycles. The largest absolute Gasteiger partial charge is 0.478 e. The highest BCUT2D eigenvalue weighted by molar-refractivity contribution is 5.95. The molecule has 1 N–H and O–H groups in total. The van der Waals surface area contributed by atoms with Crippen molar-refractivity contribution in [3.63, 3.8) is 0 Å². The Hall–Kier alpha value is -1.75. The van der Waals surface area contributed by atoms with Gasteiger partial charge in [-0.3, -0.25) is 0 Å². The van der Waals surface area contributed by atoms with E-state index < -0.39 is 5.97 Å². The summed E-state index contributed by atoms with van der Waals surface area (Å²) in [5.74, 6) is -0.889. The van der Waals surface area contributed by atoms with E-state index in [1.807, 2.05) is 31.1 Å².